The topological polar surface area (TPSA) is 64.0 Å². The molecule has 0 unspecified atom stereocenters. The molecule has 17 heavy (non-hydrogen) atoms. The number of nitrogens with zero attached hydrogens (tertiary/aromatic N) is 2. The Bertz CT molecular complexity index is 491. The summed E-state index contributed by atoms with van der Waals surface area (Å²) < 4.78 is 1.34. The predicted molar refractivity (Wildman–Crippen MR) is 66.7 cm³/mol. The minimum Gasteiger partial charge on any atom is -0.310 e. The second-order valence-electron chi connectivity index (χ2n) is 4.26. The molecule has 1 aromatic heterocycles. The van der Waals surface area contributed by atoms with Gasteiger partial charge in [-0.25, -0.2) is 4.79 Å². The number of hydrogen-bond donors (Lipinski definition) is 1. The highest BCUT2D eigenvalue weighted by atomic mass is 16.2. The van der Waals surface area contributed by atoms with E-state index in [-0.39, 0.29) is 17.6 Å². The molecule has 0 aliphatic heterocycles. The number of amides is 1. The predicted octanol–water partition coefficient (Wildman–Crippen LogP) is 1.32. The number of aryl methyl sites for hydroxylation is 1. The molecule has 0 radical (unpaired) electrons. The van der Waals surface area contributed by atoms with Gasteiger partial charge in [-0.1, -0.05) is 12.5 Å². The van der Waals surface area contributed by atoms with Gasteiger partial charge in [0.05, 0.1) is 0 Å². The van der Waals surface area contributed by atoms with Crippen LogP contribution in [-0.4, -0.2) is 15.5 Å². The average Bonchev–Trinajstić information content (AvgIpc) is 2.22. The zero-order valence-electron chi connectivity index (χ0n) is 10.4. The maximum absolute atomic E-state index is 11.7. The lowest BCUT2D eigenvalue weighted by molar-refractivity contribution is -0.119. The van der Waals surface area contributed by atoms with Gasteiger partial charge in [0.25, 0.3) is 0 Å². The summed E-state index contributed by atoms with van der Waals surface area (Å²) in [7, 11) is 1.60. The van der Waals surface area contributed by atoms with Crippen LogP contribution >= 0.6 is 0 Å². The maximum atomic E-state index is 11.7. The van der Waals surface area contributed by atoms with Crippen molar-refractivity contribution < 1.29 is 4.79 Å². The van der Waals surface area contributed by atoms with Crippen LogP contribution in [0.3, 0.4) is 0 Å². The SMILES string of the molecule is C=C(C)C[C@H](C)C(=O)Nc1ccn(C)c(=O)n1. The first kappa shape index (κ1) is 13.2. The number of rotatable bonds is 4. The van der Waals surface area contributed by atoms with E-state index < -0.39 is 5.69 Å². The largest absolute Gasteiger partial charge is 0.349 e. The normalized spacial score (nSPS) is 11.9. The number of aromatic nitrogens is 2. The zero-order chi connectivity index (χ0) is 13.0. The first-order valence-electron chi connectivity index (χ1n) is 5.39. The monoisotopic (exact) mass is 235 g/mol. The van der Waals surface area contributed by atoms with Crippen molar-refractivity contribution in [3.8, 4) is 0 Å². The number of carbonyl (C=O) groups excluding carboxylic acids is 1. The molecule has 1 aromatic rings. The minimum atomic E-state index is -0.393. The number of carbonyl (C=O) groups is 1. The summed E-state index contributed by atoms with van der Waals surface area (Å²) in [6, 6.07) is 1.59. The Labute approximate surface area is 100 Å². The van der Waals surface area contributed by atoms with Crippen molar-refractivity contribution in [2.24, 2.45) is 13.0 Å². The van der Waals surface area contributed by atoms with Crippen molar-refractivity contribution in [1.82, 2.24) is 9.55 Å². The van der Waals surface area contributed by atoms with E-state index in [4.69, 9.17) is 0 Å². The molecule has 1 atom stereocenters. The van der Waals surface area contributed by atoms with Gasteiger partial charge in [-0.05, 0) is 19.4 Å². The molecule has 0 saturated carbocycles. The van der Waals surface area contributed by atoms with E-state index in [9.17, 15) is 9.59 Å². The highest BCUT2D eigenvalue weighted by Gasteiger charge is 2.13. The quantitative estimate of drug-likeness (QED) is 0.800. The molecule has 5 heteroatoms. The Kier molecular flexibility index (Phi) is 4.20. The fraction of sp³-hybridized carbons (Fsp3) is 0.417. The standard InChI is InChI=1S/C12H17N3O2/c1-8(2)7-9(3)11(16)13-10-5-6-15(4)12(17)14-10/h5-6,9H,1,7H2,2-4H3,(H,13,14,16,17)/t9-/m0/s1. The van der Waals surface area contributed by atoms with E-state index in [2.05, 4.69) is 16.9 Å². The number of anilines is 1. The fourth-order valence-corrected chi connectivity index (χ4v) is 1.40. The molecule has 0 aliphatic rings. The molecular formula is C12H17N3O2. The Hall–Kier alpha value is -1.91. The van der Waals surface area contributed by atoms with Crippen molar-refractivity contribution in [3.63, 3.8) is 0 Å². The van der Waals surface area contributed by atoms with Gasteiger partial charge in [0.15, 0.2) is 0 Å². The third-order valence-electron chi connectivity index (χ3n) is 2.33. The highest BCUT2D eigenvalue weighted by Crippen LogP contribution is 2.11. The molecule has 1 N–H and O–H groups in total. The Morgan fingerprint density at radius 2 is 2.29 bits per heavy atom. The molecule has 0 fully saturated rings. The minimum absolute atomic E-state index is 0.159. The van der Waals surface area contributed by atoms with Crippen molar-refractivity contribution in [3.05, 3.63) is 34.9 Å². The fourth-order valence-electron chi connectivity index (χ4n) is 1.40. The van der Waals surface area contributed by atoms with Crippen LogP contribution < -0.4 is 11.0 Å². The second kappa shape index (κ2) is 5.43. The lowest BCUT2D eigenvalue weighted by atomic mass is 10.0. The third-order valence-corrected chi connectivity index (χ3v) is 2.33. The van der Waals surface area contributed by atoms with Gasteiger partial charge in [-0.3, -0.25) is 4.79 Å². The zero-order valence-corrected chi connectivity index (χ0v) is 10.4. The summed E-state index contributed by atoms with van der Waals surface area (Å²) >= 11 is 0. The molecule has 0 aromatic carbocycles. The molecule has 5 nitrogen and oxygen atoms in total. The first-order chi connectivity index (χ1) is 7.90. The van der Waals surface area contributed by atoms with Gasteiger partial charge in [-0.15, -0.1) is 6.58 Å². The van der Waals surface area contributed by atoms with E-state index in [1.807, 2.05) is 13.8 Å². The Balaban J connectivity index is 2.71. The van der Waals surface area contributed by atoms with Crippen LogP contribution in [0.5, 0.6) is 0 Å². The van der Waals surface area contributed by atoms with Crippen LogP contribution in [0.15, 0.2) is 29.2 Å². The summed E-state index contributed by atoms with van der Waals surface area (Å²) in [5, 5.41) is 2.61. The van der Waals surface area contributed by atoms with Gasteiger partial charge in [0.1, 0.15) is 5.82 Å². The Morgan fingerprint density at radius 1 is 1.65 bits per heavy atom. The van der Waals surface area contributed by atoms with Gasteiger partial charge < -0.3 is 9.88 Å². The molecule has 1 amide bonds. The molecular weight excluding hydrogens is 218 g/mol. The summed E-state index contributed by atoms with van der Waals surface area (Å²) in [6.07, 6.45) is 2.19. The van der Waals surface area contributed by atoms with E-state index in [0.717, 1.165) is 5.57 Å². The van der Waals surface area contributed by atoms with Crippen molar-refractivity contribution in [1.29, 1.82) is 0 Å². The molecule has 0 saturated heterocycles. The van der Waals surface area contributed by atoms with Crippen molar-refractivity contribution >= 4 is 11.7 Å². The number of nitrogens with one attached hydrogen (secondary N) is 1. The summed E-state index contributed by atoms with van der Waals surface area (Å²) in [6.45, 7) is 7.45. The van der Waals surface area contributed by atoms with Crippen LogP contribution in [0.1, 0.15) is 20.3 Å². The second-order valence-corrected chi connectivity index (χ2v) is 4.26. The lowest BCUT2D eigenvalue weighted by Gasteiger charge is -2.11. The number of allylic oxidation sites excluding steroid dienone is 1. The van der Waals surface area contributed by atoms with Crippen molar-refractivity contribution in [2.45, 2.75) is 20.3 Å². The van der Waals surface area contributed by atoms with Gasteiger partial charge in [0, 0.05) is 19.2 Å². The average molecular weight is 235 g/mol. The van der Waals surface area contributed by atoms with Crippen LogP contribution in [0.4, 0.5) is 5.82 Å². The van der Waals surface area contributed by atoms with Crippen LogP contribution in [0, 0.1) is 5.92 Å². The van der Waals surface area contributed by atoms with E-state index in [0.29, 0.717) is 6.42 Å². The van der Waals surface area contributed by atoms with E-state index >= 15 is 0 Å². The number of hydrogen-bond acceptors (Lipinski definition) is 3. The van der Waals surface area contributed by atoms with E-state index in [1.165, 1.54) is 4.57 Å². The van der Waals surface area contributed by atoms with Crippen LogP contribution in [-0.2, 0) is 11.8 Å². The van der Waals surface area contributed by atoms with E-state index in [1.54, 1.807) is 19.3 Å². The highest BCUT2D eigenvalue weighted by molar-refractivity contribution is 5.91. The molecule has 92 valence electrons. The lowest BCUT2D eigenvalue weighted by Crippen LogP contribution is -2.25. The molecule has 1 heterocycles. The van der Waals surface area contributed by atoms with Crippen molar-refractivity contribution in [2.75, 3.05) is 5.32 Å². The summed E-state index contributed by atoms with van der Waals surface area (Å²) in [4.78, 5) is 26.7. The summed E-state index contributed by atoms with van der Waals surface area (Å²) in [5.41, 5.74) is 0.555. The smallest absolute Gasteiger partial charge is 0.310 e. The third kappa shape index (κ3) is 3.86. The van der Waals surface area contributed by atoms with Crippen LogP contribution in [0.2, 0.25) is 0 Å². The van der Waals surface area contributed by atoms with Gasteiger partial charge in [0.2, 0.25) is 5.91 Å². The molecule has 0 aliphatic carbocycles. The summed E-state index contributed by atoms with van der Waals surface area (Å²) in [5.74, 6) is -0.0567. The first-order valence-corrected chi connectivity index (χ1v) is 5.39. The molecule has 0 bridgehead atoms. The molecule has 0 spiro atoms. The Morgan fingerprint density at radius 3 is 2.82 bits per heavy atom. The van der Waals surface area contributed by atoms with Gasteiger partial charge >= 0.3 is 5.69 Å². The van der Waals surface area contributed by atoms with Crippen LogP contribution in [0.25, 0.3) is 0 Å². The van der Waals surface area contributed by atoms with Gasteiger partial charge in [-0.2, -0.15) is 4.98 Å². The maximum Gasteiger partial charge on any atom is 0.349 e. The molecule has 1 rings (SSSR count).